The highest BCUT2D eigenvalue weighted by Gasteiger charge is 2.54. The van der Waals surface area contributed by atoms with Crippen molar-refractivity contribution < 1.29 is 19.1 Å². The van der Waals surface area contributed by atoms with E-state index >= 15 is 0 Å². The number of hydrogen-bond donors (Lipinski definition) is 1. The lowest BCUT2D eigenvalue weighted by molar-refractivity contribution is -0.180. The summed E-state index contributed by atoms with van der Waals surface area (Å²) in [5.74, 6) is -1.28. The number of ether oxygens (including phenoxy) is 1. The van der Waals surface area contributed by atoms with Crippen LogP contribution < -0.4 is 5.32 Å². The molecule has 6 heteroatoms. The monoisotopic (exact) mass is 318 g/mol. The summed E-state index contributed by atoms with van der Waals surface area (Å²) in [7, 11) is 0. The van der Waals surface area contributed by atoms with Gasteiger partial charge in [-0.2, -0.15) is 0 Å². The molecule has 0 spiro atoms. The molecule has 1 aromatic rings. The van der Waals surface area contributed by atoms with E-state index in [1.165, 1.54) is 11.8 Å². The number of amides is 2. The first kappa shape index (κ1) is 17.0. The van der Waals surface area contributed by atoms with Gasteiger partial charge in [0.05, 0.1) is 6.04 Å². The van der Waals surface area contributed by atoms with Gasteiger partial charge in [-0.15, -0.1) is 0 Å². The molecule has 1 aliphatic heterocycles. The van der Waals surface area contributed by atoms with E-state index in [9.17, 15) is 14.4 Å². The highest BCUT2D eigenvalue weighted by molar-refractivity contribution is 6.09. The van der Waals surface area contributed by atoms with E-state index in [2.05, 4.69) is 5.32 Å². The Hall–Kier alpha value is -2.37. The van der Waals surface area contributed by atoms with Gasteiger partial charge >= 0.3 is 5.97 Å². The van der Waals surface area contributed by atoms with Crippen LogP contribution in [0.15, 0.2) is 30.3 Å². The molecule has 0 bridgehead atoms. The summed E-state index contributed by atoms with van der Waals surface area (Å²) in [6.07, 6.45) is 0.542. The summed E-state index contributed by atoms with van der Waals surface area (Å²) in [5.41, 5.74) is -1.43. The molecule has 1 aromatic carbocycles. The zero-order chi connectivity index (χ0) is 17.3. The molecule has 6 nitrogen and oxygen atoms in total. The van der Waals surface area contributed by atoms with Crippen LogP contribution in [0.25, 0.3) is 0 Å². The molecule has 2 amide bonds. The van der Waals surface area contributed by atoms with Crippen molar-refractivity contribution >= 4 is 18.3 Å². The van der Waals surface area contributed by atoms with Gasteiger partial charge in [-0.1, -0.05) is 30.3 Å². The molecule has 2 atom stereocenters. The summed E-state index contributed by atoms with van der Waals surface area (Å²) < 4.78 is 5.23. The summed E-state index contributed by atoms with van der Waals surface area (Å²) >= 11 is 0. The molecular weight excluding hydrogens is 296 g/mol. The summed E-state index contributed by atoms with van der Waals surface area (Å²) in [6, 6.07) is 8.70. The second-order valence-electron chi connectivity index (χ2n) is 6.81. The molecule has 1 saturated heterocycles. The van der Waals surface area contributed by atoms with Crippen molar-refractivity contribution in [3.8, 4) is 0 Å². The van der Waals surface area contributed by atoms with Gasteiger partial charge in [0.25, 0.3) is 5.91 Å². The molecule has 0 radical (unpaired) electrons. The van der Waals surface area contributed by atoms with Crippen LogP contribution in [0.5, 0.6) is 0 Å². The van der Waals surface area contributed by atoms with E-state index in [0.29, 0.717) is 6.41 Å². The van der Waals surface area contributed by atoms with Crippen molar-refractivity contribution in [1.82, 2.24) is 10.2 Å². The average molecular weight is 318 g/mol. The smallest absolute Gasteiger partial charge is 0.341 e. The standard InChI is InChI=1S/C17H22N2O4/c1-16(2,3)18-14(21)17(4)15(22)23-10-13(19(17)11-20)12-8-6-5-7-9-12/h5-9,11,13H,10H2,1-4H3,(H,18,21)/t13-,17-/m1/s1. The highest BCUT2D eigenvalue weighted by atomic mass is 16.5. The van der Waals surface area contributed by atoms with Gasteiger partial charge < -0.3 is 15.0 Å². The largest absolute Gasteiger partial charge is 0.461 e. The first-order chi connectivity index (χ1) is 10.7. The predicted octanol–water partition coefficient (Wildman–Crippen LogP) is 1.42. The van der Waals surface area contributed by atoms with Crippen molar-refractivity contribution in [2.24, 2.45) is 0 Å². The van der Waals surface area contributed by atoms with Crippen LogP contribution in [-0.2, 0) is 19.1 Å². The van der Waals surface area contributed by atoms with Crippen LogP contribution in [0.1, 0.15) is 39.3 Å². The lowest BCUT2D eigenvalue weighted by Crippen LogP contribution is -2.67. The van der Waals surface area contributed by atoms with E-state index < -0.39 is 29.0 Å². The molecule has 2 rings (SSSR count). The summed E-state index contributed by atoms with van der Waals surface area (Å²) in [6.45, 7) is 6.87. The average Bonchev–Trinajstić information content (AvgIpc) is 2.49. The van der Waals surface area contributed by atoms with Crippen LogP contribution in [0.2, 0.25) is 0 Å². The number of esters is 1. The Balaban J connectivity index is 2.41. The Morgan fingerprint density at radius 2 is 1.96 bits per heavy atom. The third kappa shape index (κ3) is 3.21. The Kier molecular flexibility index (Phi) is 4.45. The SMILES string of the molecule is CC(C)(C)NC(=O)[C@]1(C)C(=O)OC[C@H](c2ccccc2)N1C=O. The molecule has 124 valence electrons. The fourth-order valence-electron chi connectivity index (χ4n) is 2.58. The van der Waals surface area contributed by atoms with Crippen molar-refractivity contribution in [3.63, 3.8) is 0 Å². The summed E-state index contributed by atoms with van der Waals surface area (Å²) in [4.78, 5) is 37.9. The highest BCUT2D eigenvalue weighted by Crippen LogP contribution is 2.33. The molecule has 1 heterocycles. The van der Waals surface area contributed by atoms with Gasteiger partial charge in [-0.05, 0) is 33.3 Å². The maximum Gasteiger partial charge on any atom is 0.341 e. The molecule has 23 heavy (non-hydrogen) atoms. The van der Waals surface area contributed by atoms with Crippen molar-refractivity contribution in [1.29, 1.82) is 0 Å². The molecule has 1 N–H and O–H groups in total. The Bertz CT molecular complexity index is 609. The second-order valence-corrected chi connectivity index (χ2v) is 6.81. The Morgan fingerprint density at radius 3 is 2.48 bits per heavy atom. The minimum atomic E-state index is -1.70. The number of rotatable bonds is 3. The van der Waals surface area contributed by atoms with Gasteiger partial charge in [-0.25, -0.2) is 4.79 Å². The number of nitrogens with one attached hydrogen (secondary N) is 1. The number of carbonyl (C=O) groups excluding carboxylic acids is 3. The first-order valence-corrected chi connectivity index (χ1v) is 7.48. The number of nitrogens with zero attached hydrogens (tertiary/aromatic N) is 1. The van der Waals surface area contributed by atoms with Gasteiger partial charge in [-0.3, -0.25) is 9.59 Å². The van der Waals surface area contributed by atoms with E-state index in [-0.39, 0.29) is 6.61 Å². The van der Waals surface area contributed by atoms with Crippen molar-refractivity contribution in [3.05, 3.63) is 35.9 Å². The Labute approximate surface area is 135 Å². The fraction of sp³-hybridized carbons (Fsp3) is 0.471. The minimum absolute atomic E-state index is 0.0278. The number of benzene rings is 1. The van der Waals surface area contributed by atoms with E-state index in [4.69, 9.17) is 4.74 Å². The predicted molar refractivity (Wildman–Crippen MR) is 84.3 cm³/mol. The number of cyclic esters (lactones) is 1. The third-order valence-electron chi connectivity index (χ3n) is 3.85. The van der Waals surface area contributed by atoms with E-state index in [1.54, 1.807) is 0 Å². The normalized spacial score (nSPS) is 24.8. The molecule has 0 saturated carbocycles. The topological polar surface area (TPSA) is 75.7 Å². The van der Waals surface area contributed by atoms with Crippen molar-refractivity contribution in [2.45, 2.75) is 44.8 Å². The fourth-order valence-corrected chi connectivity index (χ4v) is 2.58. The molecular formula is C17H22N2O4. The molecule has 0 unspecified atom stereocenters. The van der Waals surface area contributed by atoms with E-state index in [0.717, 1.165) is 5.56 Å². The minimum Gasteiger partial charge on any atom is -0.461 e. The Morgan fingerprint density at radius 1 is 1.35 bits per heavy atom. The molecule has 0 aromatic heterocycles. The third-order valence-corrected chi connectivity index (χ3v) is 3.85. The second kappa shape index (κ2) is 6.02. The molecule has 1 aliphatic rings. The van der Waals surface area contributed by atoms with Crippen LogP contribution in [0.4, 0.5) is 0 Å². The number of morpholine rings is 1. The number of hydrogen-bond acceptors (Lipinski definition) is 4. The maximum absolute atomic E-state index is 12.7. The quantitative estimate of drug-likeness (QED) is 0.519. The number of carbonyl (C=O) groups is 3. The van der Waals surface area contributed by atoms with E-state index in [1.807, 2.05) is 51.1 Å². The maximum atomic E-state index is 12.7. The van der Waals surface area contributed by atoms with Crippen LogP contribution >= 0.6 is 0 Å². The zero-order valence-electron chi connectivity index (χ0n) is 13.8. The first-order valence-electron chi connectivity index (χ1n) is 7.48. The van der Waals surface area contributed by atoms with Crippen LogP contribution in [0.3, 0.4) is 0 Å². The van der Waals surface area contributed by atoms with Gasteiger partial charge in [0, 0.05) is 5.54 Å². The van der Waals surface area contributed by atoms with Gasteiger partial charge in [0.15, 0.2) is 0 Å². The van der Waals surface area contributed by atoms with Gasteiger partial charge in [0.1, 0.15) is 6.61 Å². The van der Waals surface area contributed by atoms with Crippen LogP contribution in [0, 0.1) is 0 Å². The molecule has 1 fully saturated rings. The zero-order valence-corrected chi connectivity index (χ0v) is 13.8. The van der Waals surface area contributed by atoms with Crippen LogP contribution in [-0.4, -0.2) is 40.9 Å². The lowest BCUT2D eigenvalue weighted by atomic mass is 9.91. The van der Waals surface area contributed by atoms with Gasteiger partial charge in [0.2, 0.25) is 11.9 Å². The van der Waals surface area contributed by atoms with Crippen molar-refractivity contribution in [2.75, 3.05) is 6.61 Å². The summed E-state index contributed by atoms with van der Waals surface area (Å²) in [5, 5.41) is 2.76. The molecule has 0 aliphatic carbocycles. The lowest BCUT2D eigenvalue weighted by Gasteiger charge is -2.45.